The van der Waals surface area contributed by atoms with Crippen molar-refractivity contribution in [3.8, 4) is 11.1 Å². The van der Waals surface area contributed by atoms with E-state index in [0.29, 0.717) is 38.8 Å². The molecule has 0 aromatic heterocycles. The lowest BCUT2D eigenvalue weighted by Crippen LogP contribution is -2.28. The van der Waals surface area contributed by atoms with Crippen LogP contribution in [0.5, 0.6) is 0 Å². The molecule has 2 aliphatic rings. The number of hydrogen-bond donors (Lipinski definition) is 3. The predicted molar refractivity (Wildman–Crippen MR) is 119 cm³/mol. The predicted octanol–water partition coefficient (Wildman–Crippen LogP) is 3.53. The second-order valence-corrected chi connectivity index (χ2v) is 8.45. The van der Waals surface area contributed by atoms with Gasteiger partial charge in [-0.3, -0.25) is 9.59 Å². The van der Waals surface area contributed by atoms with Gasteiger partial charge in [0, 0.05) is 25.4 Å². The number of rotatable bonds is 10. The average molecular weight is 437 g/mol. The van der Waals surface area contributed by atoms with Crippen molar-refractivity contribution in [3.05, 3.63) is 59.7 Å². The first kappa shape index (κ1) is 21.9. The molecule has 1 fully saturated rings. The molecule has 4 rings (SSSR count). The van der Waals surface area contributed by atoms with Gasteiger partial charge in [-0.25, -0.2) is 4.79 Å². The summed E-state index contributed by atoms with van der Waals surface area (Å²) in [5.41, 5.74) is 4.73. The third-order valence-corrected chi connectivity index (χ3v) is 6.24. The first-order valence-corrected chi connectivity index (χ1v) is 11.1. The van der Waals surface area contributed by atoms with Crippen molar-refractivity contribution in [1.29, 1.82) is 0 Å². The topological polar surface area (TPSA) is 105 Å². The number of carboxylic acid groups (broad SMARTS) is 1. The van der Waals surface area contributed by atoms with Gasteiger partial charge in [0.25, 0.3) is 0 Å². The molecule has 0 radical (unpaired) electrons. The summed E-state index contributed by atoms with van der Waals surface area (Å²) in [5, 5.41) is 14.4. The SMILES string of the molecule is O=C(CCCCNC(=O)OCC1c2ccccc2-c2ccccc21)NC[C@@H]1C[C@@H]1C(=O)O. The van der Waals surface area contributed by atoms with Crippen LogP contribution < -0.4 is 10.6 Å². The highest BCUT2D eigenvalue weighted by atomic mass is 16.5. The summed E-state index contributed by atoms with van der Waals surface area (Å²) in [5.74, 6) is -1.09. The molecule has 0 spiro atoms. The van der Waals surface area contributed by atoms with Crippen LogP contribution in [-0.4, -0.2) is 42.8 Å². The van der Waals surface area contributed by atoms with Crippen LogP contribution in [0.3, 0.4) is 0 Å². The molecule has 2 aromatic rings. The highest BCUT2D eigenvalue weighted by Crippen LogP contribution is 2.44. The van der Waals surface area contributed by atoms with Gasteiger partial charge >= 0.3 is 12.1 Å². The minimum absolute atomic E-state index is 0.0315. The van der Waals surface area contributed by atoms with Gasteiger partial charge in [-0.2, -0.15) is 0 Å². The number of aliphatic carboxylic acids is 1. The van der Waals surface area contributed by atoms with E-state index in [-0.39, 0.29) is 30.3 Å². The van der Waals surface area contributed by atoms with E-state index in [0.717, 1.165) is 0 Å². The summed E-state index contributed by atoms with van der Waals surface area (Å²) in [6.07, 6.45) is 1.85. The van der Waals surface area contributed by atoms with Crippen molar-refractivity contribution in [2.75, 3.05) is 19.7 Å². The molecule has 2 aromatic carbocycles. The van der Waals surface area contributed by atoms with E-state index in [4.69, 9.17) is 9.84 Å². The number of unbranched alkanes of at least 4 members (excludes halogenated alkanes) is 1. The number of fused-ring (bicyclic) bond motifs is 3. The van der Waals surface area contributed by atoms with E-state index in [9.17, 15) is 14.4 Å². The second kappa shape index (κ2) is 9.85. The Labute approximate surface area is 187 Å². The third-order valence-electron chi connectivity index (χ3n) is 6.24. The van der Waals surface area contributed by atoms with Crippen molar-refractivity contribution < 1.29 is 24.2 Å². The highest BCUT2D eigenvalue weighted by Gasteiger charge is 2.42. The standard InChI is InChI=1S/C25H28N2O5/c28-23(27-14-16-13-21(16)24(29)30)11-5-6-12-26-25(31)32-15-22-19-9-3-1-7-17(19)18-8-2-4-10-20(18)22/h1-4,7-10,16,21-22H,5-6,11-15H2,(H,26,31)(H,27,28)(H,29,30)/t16-,21-/m0/s1. The Kier molecular flexibility index (Phi) is 6.73. The fourth-order valence-corrected chi connectivity index (χ4v) is 4.36. The molecule has 32 heavy (non-hydrogen) atoms. The maximum absolute atomic E-state index is 12.1. The molecule has 2 aliphatic carbocycles. The van der Waals surface area contributed by atoms with Crippen molar-refractivity contribution in [2.45, 2.75) is 31.6 Å². The molecule has 0 aliphatic heterocycles. The molecule has 168 valence electrons. The van der Waals surface area contributed by atoms with Gasteiger partial charge in [-0.1, -0.05) is 48.5 Å². The number of carbonyl (C=O) groups is 3. The molecule has 7 heteroatoms. The summed E-state index contributed by atoms with van der Waals surface area (Å²) < 4.78 is 5.49. The number of nitrogens with one attached hydrogen (secondary N) is 2. The van der Waals surface area contributed by atoms with Gasteiger partial charge in [-0.05, 0) is 47.4 Å². The maximum Gasteiger partial charge on any atom is 0.407 e. The summed E-state index contributed by atoms with van der Waals surface area (Å²) in [4.78, 5) is 34.7. The molecule has 3 N–H and O–H groups in total. The maximum atomic E-state index is 12.1. The van der Waals surface area contributed by atoms with Crippen LogP contribution in [0.1, 0.15) is 42.7 Å². The Bertz CT molecular complexity index is 960. The van der Waals surface area contributed by atoms with Crippen LogP contribution >= 0.6 is 0 Å². The number of hydrogen-bond acceptors (Lipinski definition) is 4. The Hall–Kier alpha value is -3.35. The second-order valence-electron chi connectivity index (χ2n) is 8.45. The van der Waals surface area contributed by atoms with Crippen molar-refractivity contribution in [3.63, 3.8) is 0 Å². The Balaban J connectivity index is 1.12. The molecular formula is C25H28N2O5. The first-order valence-electron chi connectivity index (χ1n) is 11.1. The average Bonchev–Trinajstić information content (AvgIpc) is 3.52. The zero-order chi connectivity index (χ0) is 22.5. The number of amides is 2. The molecule has 1 saturated carbocycles. The smallest absolute Gasteiger partial charge is 0.407 e. The number of ether oxygens (including phenoxy) is 1. The number of carbonyl (C=O) groups excluding carboxylic acids is 2. The number of carboxylic acids is 1. The minimum atomic E-state index is -0.788. The lowest BCUT2D eigenvalue weighted by Gasteiger charge is -2.14. The van der Waals surface area contributed by atoms with Gasteiger partial charge in [0.15, 0.2) is 0 Å². The Morgan fingerprint density at radius 3 is 2.22 bits per heavy atom. The van der Waals surface area contributed by atoms with Crippen molar-refractivity contribution >= 4 is 18.0 Å². The molecule has 0 saturated heterocycles. The van der Waals surface area contributed by atoms with Crippen LogP contribution in [0.25, 0.3) is 11.1 Å². The molecule has 0 bridgehead atoms. The quantitative estimate of drug-likeness (QED) is 0.494. The van der Waals surface area contributed by atoms with Crippen LogP contribution in [-0.2, 0) is 14.3 Å². The Morgan fingerprint density at radius 1 is 0.938 bits per heavy atom. The highest BCUT2D eigenvalue weighted by molar-refractivity contribution is 5.79. The number of benzene rings is 2. The third kappa shape index (κ3) is 5.10. The molecule has 0 heterocycles. The molecular weight excluding hydrogens is 408 g/mol. The van der Waals surface area contributed by atoms with Crippen molar-refractivity contribution in [2.24, 2.45) is 11.8 Å². The summed E-state index contributed by atoms with van der Waals surface area (Å²) in [7, 11) is 0. The van der Waals surface area contributed by atoms with Gasteiger partial charge in [-0.15, -0.1) is 0 Å². The summed E-state index contributed by atoms with van der Waals surface area (Å²) >= 11 is 0. The fourth-order valence-electron chi connectivity index (χ4n) is 4.36. The molecule has 7 nitrogen and oxygen atoms in total. The van der Waals surface area contributed by atoms with Crippen LogP contribution in [0, 0.1) is 11.8 Å². The first-order chi connectivity index (χ1) is 15.5. The van der Waals surface area contributed by atoms with E-state index >= 15 is 0 Å². The van der Waals surface area contributed by atoms with E-state index in [1.807, 2.05) is 24.3 Å². The van der Waals surface area contributed by atoms with Crippen molar-refractivity contribution in [1.82, 2.24) is 10.6 Å². The summed E-state index contributed by atoms with van der Waals surface area (Å²) in [6.45, 7) is 1.14. The zero-order valence-electron chi connectivity index (χ0n) is 17.9. The zero-order valence-corrected chi connectivity index (χ0v) is 17.9. The van der Waals surface area contributed by atoms with Crippen LogP contribution in [0.2, 0.25) is 0 Å². The molecule has 2 atom stereocenters. The van der Waals surface area contributed by atoms with E-state index in [1.165, 1.54) is 22.3 Å². The molecule has 0 unspecified atom stereocenters. The lowest BCUT2D eigenvalue weighted by atomic mass is 9.98. The Morgan fingerprint density at radius 2 is 1.59 bits per heavy atom. The minimum Gasteiger partial charge on any atom is -0.481 e. The van der Waals surface area contributed by atoms with Crippen LogP contribution in [0.15, 0.2) is 48.5 Å². The normalized spacial score (nSPS) is 18.4. The van der Waals surface area contributed by atoms with E-state index < -0.39 is 12.1 Å². The van der Waals surface area contributed by atoms with Gasteiger partial charge in [0.05, 0.1) is 5.92 Å². The van der Waals surface area contributed by atoms with Gasteiger partial charge in [0.2, 0.25) is 5.91 Å². The largest absolute Gasteiger partial charge is 0.481 e. The fraction of sp³-hybridized carbons (Fsp3) is 0.400. The monoisotopic (exact) mass is 436 g/mol. The number of alkyl carbamates (subject to hydrolysis) is 1. The lowest BCUT2D eigenvalue weighted by molar-refractivity contribution is -0.139. The van der Waals surface area contributed by atoms with E-state index in [1.54, 1.807) is 0 Å². The van der Waals surface area contributed by atoms with Gasteiger partial charge < -0.3 is 20.5 Å². The molecule has 2 amide bonds. The van der Waals surface area contributed by atoms with Gasteiger partial charge in [0.1, 0.15) is 6.61 Å². The summed E-state index contributed by atoms with van der Waals surface area (Å²) in [6, 6.07) is 16.4. The van der Waals surface area contributed by atoms with E-state index in [2.05, 4.69) is 34.9 Å². The van der Waals surface area contributed by atoms with Crippen LogP contribution in [0.4, 0.5) is 4.79 Å².